The van der Waals surface area contributed by atoms with E-state index in [9.17, 15) is 0 Å². The van der Waals surface area contributed by atoms with Gasteiger partial charge >= 0.3 is 0 Å². The summed E-state index contributed by atoms with van der Waals surface area (Å²) >= 11 is 0. The van der Waals surface area contributed by atoms with Crippen molar-refractivity contribution in [3.63, 3.8) is 0 Å². The summed E-state index contributed by atoms with van der Waals surface area (Å²) in [7, 11) is 0. The van der Waals surface area contributed by atoms with E-state index >= 15 is 0 Å². The molecule has 0 fully saturated rings. The molecule has 0 spiro atoms. The van der Waals surface area contributed by atoms with Gasteiger partial charge in [-0.1, -0.05) is 13.8 Å². The van der Waals surface area contributed by atoms with Crippen LogP contribution in [-0.4, -0.2) is 21.6 Å². The molecule has 14 heavy (non-hydrogen) atoms. The van der Waals surface area contributed by atoms with E-state index in [1.54, 1.807) is 4.90 Å². The number of H-pyrrole nitrogens is 1. The molecule has 1 aliphatic heterocycles. The highest BCUT2D eigenvalue weighted by molar-refractivity contribution is 5.30. The topological polar surface area (TPSA) is 55.7 Å². The normalized spacial score (nSPS) is 15.4. The second kappa shape index (κ2) is 3.33. The molecule has 4 nitrogen and oxygen atoms in total. The molecule has 2 rings (SSSR count). The maximum Gasteiger partial charge on any atom is 0.179 e. The third-order valence-electron chi connectivity index (χ3n) is 2.65. The zero-order chi connectivity index (χ0) is 10.1. The second-order valence-electron chi connectivity index (χ2n) is 3.99. The van der Waals surface area contributed by atoms with Gasteiger partial charge in [0.1, 0.15) is 0 Å². The summed E-state index contributed by atoms with van der Waals surface area (Å²) in [6.45, 7) is 5.78. The lowest BCUT2D eigenvalue weighted by molar-refractivity contribution is 0.365. The molecular formula is C10H14N4. The van der Waals surface area contributed by atoms with Crippen molar-refractivity contribution in [2.45, 2.75) is 32.7 Å². The largest absolute Gasteiger partial charge is 0.306 e. The molecule has 0 aliphatic carbocycles. The quantitative estimate of drug-likeness (QED) is 0.680. The van der Waals surface area contributed by atoms with Crippen LogP contribution in [0.1, 0.15) is 36.7 Å². The minimum Gasteiger partial charge on any atom is -0.306 e. The standard InChI is InChI=1S/C10H14N4/c1-7(2)10-8-5-14(6-11)4-3-9(8)12-13-10/h7H,3-5H2,1-2H3,(H,12,13). The molecule has 2 heterocycles. The Balaban J connectivity index is 2.33. The lowest BCUT2D eigenvalue weighted by Gasteiger charge is -2.21. The predicted octanol–water partition coefficient (Wildman–Crippen LogP) is 1.37. The number of fused-ring (bicyclic) bond motifs is 1. The average molecular weight is 190 g/mol. The van der Waals surface area contributed by atoms with E-state index in [-0.39, 0.29) is 0 Å². The number of hydrogen-bond donors (Lipinski definition) is 1. The van der Waals surface area contributed by atoms with Crippen molar-refractivity contribution < 1.29 is 0 Å². The summed E-state index contributed by atoms with van der Waals surface area (Å²) in [5.74, 6) is 0.425. The molecule has 0 radical (unpaired) electrons. The van der Waals surface area contributed by atoms with Gasteiger partial charge in [0.25, 0.3) is 0 Å². The molecule has 74 valence electrons. The molecule has 1 aromatic heterocycles. The van der Waals surface area contributed by atoms with Crippen LogP contribution in [-0.2, 0) is 13.0 Å². The van der Waals surface area contributed by atoms with E-state index in [0.29, 0.717) is 5.92 Å². The molecule has 1 N–H and O–H groups in total. The summed E-state index contributed by atoms with van der Waals surface area (Å²) in [5, 5.41) is 16.2. The Bertz CT molecular complexity index is 372. The van der Waals surface area contributed by atoms with E-state index in [2.05, 4.69) is 30.2 Å². The van der Waals surface area contributed by atoms with Crippen molar-refractivity contribution in [2.75, 3.05) is 6.54 Å². The van der Waals surface area contributed by atoms with E-state index in [1.165, 1.54) is 11.3 Å². The molecule has 1 aromatic rings. The molecule has 1 aliphatic rings. The van der Waals surface area contributed by atoms with Crippen molar-refractivity contribution >= 4 is 0 Å². The molecular weight excluding hydrogens is 176 g/mol. The first-order valence-corrected chi connectivity index (χ1v) is 4.93. The van der Waals surface area contributed by atoms with Crippen LogP contribution in [0.5, 0.6) is 0 Å². The van der Waals surface area contributed by atoms with Crippen LogP contribution in [0, 0.1) is 11.5 Å². The Labute approximate surface area is 83.5 Å². The third-order valence-corrected chi connectivity index (χ3v) is 2.65. The van der Waals surface area contributed by atoms with Crippen LogP contribution in [0.2, 0.25) is 0 Å². The SMILES string of the molecule is CC(C)c1n[nH]c2c1CN(C#N)CC2. The minimum atomic E-state index is 0.425. The fourth-order valence-electron chi connectivity index (χ4n) is 1.88. The van der Waals surface area contributed by atoms with Gasteiger partial charge in [-0.3, -0.25) is 5.10 Å². The summed E-state index contributed by atoms with van der Waals surface area (Å²) in [4.78, 5) is 1.78. The monoisotopic (exact) mass is 190 g/mol. The molecule has 0 bridgehead atoms. The van der Waals surface area contributed by atoms with Crippen LogP contribution in [0.4, 0.5) is 0 Å². The number of nitrogens with one attached hydrogen (secondary N) is 1. The molecule has 4 heteroatoms. The maximum absolute atomic E-state index is 8.83. The number of nitriles is 1. The lowest BCUT2D eigenvalue weighted by atomic mass is 10.00. The Morgan fingerprint density at radius 3 is 3.00 bits per heavy atom. The van der Waals surface area contributed by atoms with Gasteiger partial charge in [0.2, 0.25) is 0 Å². The Morgan fingerprint density at radius 1 is 1.57 bits per heavy atom. The lowest BCUT2D eigenvalue weighted by Crippen LogP contribution is -2.26. The molecule has 0 atom stereocenters. The van der Waals surface area contributed by atoms with Crippen LogP contribution < -0.4 is 0 Å². The van der Waals surface area contributed by atoms with Gasteiger partial charge in [0.05, 0.1) is 12.2 Å². The fourth-order valence-corrected chi connectivity index (χ4v) is 1.88. The van der Waals surface area contributed by atoms with Crippen LogP contribution in [0.15, 0.2) is 0 Å². The molecule has 0 saturated heterocycles. The van der Waals surface area contributed by atoms with Crippen molar-refractivity contribution in [1.29, 1.82) is 5.26 Å². The predicted molar refractivity (Wildman–Crippen MR) is 52.4 cm³/mol. The van der Waals surface area contributed by atoms with Crippen LogP contribution in [0.25, 0.3) is 0 Å². The highest BCUT2D eigenvalue weighted by atomic mass is 15.2. The van der Waals surface area contributed by atoms with Gasteiger partial charge < -0.3 is 4.90 Å². The Hall–Kier alpha value is -1.50. The zero-order valence-electron chi connectivity index (χ0n) is 8.54. The number of aromatic nitrogens is 2. The molecule has 0 saturated carbocycles. The molecule has 0 unspecified atom stereocenters. The summed E-state index contributed by atoms with van der Waals surface area (Å²) in [6.07, 6.45) is 3.10. The van der Waals surface area contributed by atoms with Gasteiger partial charge in [0.15, 0.2) is 6.19 Å². The van der Waals surface area contributed by atoms with Gasteiger partial charge in [0, 0.05) is 24.2 Å². The smallest absolute Gasteiger partial charge is 0.179 e. The number of rotatable bonds is 1. The highest BCUT2D eigenvalue weighted by Gasteiger charge is 2.22. The van der Waals surface area contributed by atoms with E-state index in [0.717, 1.165) is 25.2 Å². The van der Waals surface area contributed by atoms with Gasteiger partial charge in [-0.2, -0.15) is 10.4 Å². The first-order chi connectivity index (χ1) is 6.72. The van der Waals surface area contributed by atoms with Crippen LogP contribution >= 0.6 is 0 Å². The molecule has 0 aromatic carbocycles. The van der Waals surface area contributed by atoms with Crippen molar-refractivity contribution in [3.8, 4) is 6.19 Å². The van der Waals surface area contributed by atoms with Crippen molar-refractivity contribution in [3.05, 3.63) is 17.0 Å². The van der Waals surface area contributed by atoms with E-state index in [1.807, 2.05) is 0 Å². The minimum absolute atomic E-state index is 0.425. The number of hydrogen-bond acceptors (Lipinski definition) is 3. The van der Waals surface area contributed by atoms with Gasteiger partial charge in [-0.15, -0.1) is 0 Å². The Kier molecular flexibility index (Phi) is 2.16. The zero-order valence-corrected chi connectivity index (χ0v) is 8.54. The second-order valence-corrected chi connectivity index (χ2v) is 3.99. The van der Waals surface area contributed by atoms with Crippen LogP contribution in [0.3, 0.4) is 0 Å². The first-order valence-electron chi connectivity index (χ1n) is 4.93. The van der Waals surface area contributed by atoms with Gasteiger partial charge in [-0.05, 0) is 5.92 Å². The van der Waals surface area contributed by atoms with Crippen molar-refractivity contribution in [2.24, 2.45) is 0 Å². The maximum atomic E-state index is 8.83. The number of nitrogens with zero attached hydrogens (tertiary/aromatic N) is 3. The summed E-state index contributed by atoms with van der Waals surface area (Å²) < 4.78 is 0. The third kappa shape index (κ3) is 1.35. The average Bonchev–Trinajstić information content (AvgIpc) is 2.59. The summed E-state index contributed by atoms with van der Waals surface area (Å²) in [6, 6.07) is 0. The van der Waals surface area contributed by atoms with Crippen molar-refractivity contribution in [1.82, 2.24) is 15.1 Å². The van der Waals surface area contributed by atoms with E-state index < -0.39 is 0 Å². The first kappa shape index (κ1) is 9.07. The Morgan fingerprint density at radius 2 is 2.36 bits per heavy atom. The van der Waals surface area contributed by atoms with Gasteiger partial charge in [-0.25, -0.2) is 0 Å². The molecule has 0 amide bonds. The van der Waals surface area contributed by atoms with E-state index in [4.69, 9.17) is 5.26 Å². The fraction of sp³-hybridized carbons (Fsp3) is 0.600. The summed E-state index contributed by atoms with van der Waals surface area (Å²) in [5.41, 5.74) is 3.55. The highest BCUT2D eigenvalue weighted by Crippen LogP contribution is 2.24. The number of aromatic amines is 1.